The molecule has 2 nitrogen and oxygen atoms in total. The highest BCUT2D eigenvalue weighted by atomic mass is 16.5. The first-order valence-electron chi connectivity index (χ1n) is 4.16. The quantitative estimate of drug-likeness (QED) is 0.659. The second-order valence-corrected chi connectivity index (χ2v) is 2.84. The van der Waals surface area contributed by atoms with Crippen LogP contribution in [0.3, 0.4) is 0 Å². The molecular weight excluding hydrogens is 152 g/mol. The molecule has 0 saturated carbocycles. The molecule has 0 atom stereocenters. The summed E-state index contributed by atoms with van der Waals surface area (Å²) >= 11 is 0. The fraction of sp³-hybridized carbons (Fsp3) is 1.00. The van der Waals surface area contributed by atoms with Crippen molar-refractivity contribution in [2.75, 3.05) is 27.4 Å². The molecule has 0 aliphatic carbocycles. The van der Waals surface area contributed by atoms with E-state index in [1.54, 1.807) is 14.2 Å². The van der Waals surface area contributed by atoms with Crippen molar-refractivity contribution >= 4 is 0 Å². The number of hydrogen-bond acceptors (Lipinski definition) is 2. The number of hydrogen-bond donors (Lipinski definition) is 0. The van der Waals surface area contributed by atoms with Crippen LogP contribution in [0.4, 0.5) is 0 Å². The van der Waals surface area contributed by atoms with Gasteiger partial charge in [0, 0.05) is 27.4 Å². The largest absolute Gasteiger partial charge is 0.385 e. The summed E-state index contributed by atoms with van der Waals surface area (Å²) < 4.78 is 9.49. The van der Waals surface area contributed by atoms with E-state index >= 15 is 0 Å². The fourth-order valence-electron chi connectivity index (χ4n) is 0.537. The van der Waals surface area contributed by atoms with Gasteiger partial charge in [-0.15, -0.1) is 0 Å². The second kappa shape index (κ2) is 17.1. The first-order chi connectivity index (χ1) is 5.18. The number of methoxy groups -OCH3 is 2. The van der Waals surface area contributed by atoms with Gasteiger partial charge in [-0.3, -0.25) is 0 Å². The summed E-state index contributed by atoms with van der Waals surface area (Å²) in [5.74, 6) is 0.676. The Balaban J connectivity index is -0.000000126. The zero-order valence-corrected chi connectivity index (χ0v) is 8.52. The molecule has 0 fully saturated rings. The van der Waals surface area contributed by atoms with Gasteiger partial charge in [0.2, 0.25) is 0 Å². The van der Waals surface area contributed by atoms with E-state index in [1.165, 1.54) is 0 Å². The van der Waals surface area contributed by atoms with Crippen molar-refractivity contribution in [2.45, 2.75) is 34.6 Å². The summed E-state index contributed by atoms with van der Waals surface area (Å²) in [6, 6.07) is 0. The van der Waals surface area contributed by atoms with Crippen LogP contribution in [0.15, 0.2) is 0 Å². The zero-order valence-electron chi connectivity index (χ0n) is 8.52. The van der Waals surface area contributed by atoms with Crippen LogP contribution < -0.4 is 0 Å². The van der Waals surface area contributed by atoms with Crippen LogP contribution >= 0.6 is 0 Å². The minimum absolute atomic E-state index is 0. The monoisotopic (exact) mass is 178 g/mol. The van der Waals surface area contributed by atoms with Gasteiger partial charge in [0.05, 0.1) is 0 Å². The van der Waals surface area contributed by atoms with Crippen LogP contribution in [-0.4, -0.2) is 27.4 Å². The molecule has 0 spiro atoms. The molecule has 2 heteroatoms. The van der Waals surface area contributed by atoms with Gasteiger partial charge in [-0.25, -0.2) is 0 Å². The van der Waals surface area contributed by atoms with Crippen LogP contribution in [0.25, 0.3) is 0 Å². The number of ether oxygens (including phenoxy) is 2. The molecule has 0 heterocycles. The molecule has 0 saturated heterocycles. The summed E-state index contributed by atoms with van der Waals surface area (Å²) in [7, 11) is 3.43. The maximum absolute atomic E-state index is 4.80. The molecular formula is C10H26O2. The third kappa shape index (κ3) is 32.6. The van der Waals surface area contributed by atoms with Crippen LogP contribution in [0, 0.1) is 5.92 Å². The van der Waals surface area contributed by atoms with E-state index in [2.05, 4.69) is 20.8 Å². The molecule has 0 aromatic rings. The van der Waals surface area contributed by atoms with Crippen LogP contribution in [-0.2, 0) is 9.47 Å². The molecule has 0 unspecified atom stereocenters. The Morgan fingerprint density at radius 2 is 1.58 bits per heavy atom. The Kier molecular flexibility index (Phi) is 25.5. The molecule has 0 aromatic carbocycles. The minimum atomic E-state index is 0. The van der Waals surface area contributed by atoms with Gasteiger partial charge in [-0.05, 0) is 12.3 Å². The van der Waals surface area contributed by atoms with Gasteiger partial charge in [0.1, 0.15) is 0 Å². The highest BCUT2D eigenvalue weighted by molar-refractivity contribution is 4.35. The summed E-state index contributed by atoms with van der Waals surface area (Å²) in [5, 5.41) is 0. The first-order valence-corrected chi connectivity index (χ1v) is 4.16. The Hall–Kier alpha value is -0.0800. The van der Waals surface area contributed by atoms with Crippen molar-refractivity contribution in [3.8, 4) is 0 Å². The lowest BCUT2D eigenvalue weighted by molar-refractivity contribution is 0.167. The van der Waals surface area contributed by atoms with Crippen molar-refractivity contribution in [3.63, 3.8) is 0 Å². The molecule has 0 aliphatic heterocycles. The lowest BCUT2D eigenvalue weighted by atomic mass is 10.2. The fourth-order valence-corrected chi connectivity index (χ4v) is 0.537. The number of rotatable bonds is 4. The van der Waals surface area contributed by atoms with Crippen LogP contribution in [0.5, 0.6) is 0 Å². The van der Waals surface area contributed by atoms with Crippen molar-refractivity contribution in [3.05, 3.63) is 0 Å². The molecule has 0 bridgehead atoms. The summed E-state index contributed by atoms with van der Waals surface area (Å²) in [6.07, 6.45) is 1.12. The zero-order chi connectivity index (χ0) is 9.11. The van der Waals surface area contributed by atoms with E-state index < -0.39 is 0 Å². The first kappa shape index (κ1) is 17.9. The molecule has 0 aliphatic rings. The maximum Gasteiger partial charge on any atom is 0.0485 e. The lowest BCUT2D eigenvalue weighted by Gasteiger charge is -1.97. The van der Waals surface area contributed by atoms with E-state index in [0.29, 0.717) is 5.92 Å². The third-order valence-corrected chi connectivity index (χ3v) is 0.908. The standard InChI is InChI=1S/C5H12O.C4H10O.CH4/c1-5(2)4-6-3;1-3-4-5-2;/h5H,4H2,1-3H3;3-4H2,1-2H3;1H4. The van der Waals surface area contributed by atoms with Crippen molar-refractivity contribution in [1.82, 2.24) is 0 Å². The second-order valence-electron chi connectivity index (χ2n) is 2.84. The van der Waals surface area contributed by atoms with Gasteiger partial charge in [-0.1, -0.05) is 28.2 Å². The maximum atomic E-state index is 4.80. The molecule has 78 valence electrons. The topological polar surface area (TPSA) is 18.5 Å². The normalized spacial score (nSPS) is 8.50. The van der Waals surface area contributed by atoms with E-state index in [9.17, 15) is 0 Å². The predicted octanol–water partition coefficient (Wildman–Crippen LogP) is 2.97. The van der Waals surface area contributed by atoms with Crippen LogP contribution in [0.2, 0.25) is 0 Å². The van der Waals surface area contributed by atoms with E-state index in [4.69, 9.17) is 9.47 Å². The Morgan fingerprint density at radius 1 is 1.08 bits per heavy atom. The van der Waals surface area contributed by atoms with Gasteiger partial charge >= 0.3 is 0 Å². The molecule has 0 radical (unpaired) electrons. The average molecular weight is 178 g/mol. The Labute approximate surface area is 78.3 Å². The highest BCUT2D eigenvalue weighted by Crippen LogP contribution is 1.88. The average Bonchev–Trinajstić information content (AvgIpc) is 1.90. The van der Waals surface area contributed by atoms with Crippen LogP contribution in [0.1, 0.15) is 34.6 Å². The van der Waals surface area contributed by atoms with E-state index in [1.807, 2.05) is 0 Å². The minimum Gasteiger partial charge on any atom is -0.385 e. The van der Waals surface area contributed by atoms with Crippen molar-refractivity contribution < 1.29 is 9.47 Å². The molecule has 0 N–H and O–H groups in total. The smallest absolute Gasteiger partial charge is 0.0485 e. The van der Waals surface area contributed by atoms with E-state index in [0.717, 1.165) is 19.6 Å². The third-order valence-electron chi connectivity index (χ3n) is 0.908. The Morgan fingerprint density at radius 3 is 1.58 bits per heavy atom. The van der Waals surface area contributed by atoms with Gasteiger partial charge < -0.3 is 9.47 Å². The van der Waals surface area contributed by atoms with Crippen molar-refractivity contribution in [1.29, 1.82) is 0 Å². The molecule has 0 rings (SSSR count). The highest BCUT2D eigenvalue weighted by Gasteiger charge is 1.85. The van der Waals surface area contributed by atoms with Gasteiger partial charge in [0.25, 0.3) is 0 Å². The van der Waals surface area contributed by atoms with Gasteiger partial charge in [-0.2, -0.15) is 0 Å². The summed E-state index contributed by atoms with van der Waals surface area (Å²) in [5.41, 5.74) is 0. The molecule has 0 aromatic heterocycles. The summed E-state index contributed by atoms with van der Waals surface area (Å²) in [6.45, 7) is 8.11. The predicted molar refractivity (Wildman–Crippen MR) is 55.6 cm³/mol. The van der Waals surface area contributed by atoms with Crippen molar-refractivity contribution in [2.24, 2.45) is 5.92 Å². The van der Waals surface area contributed by atoms with E-state index in [-0.39, 0.29) is 7.43 Å². The summed E-state index contributed by atoms with van der Waals surface area (Å²) in [4.78, 5) is 0. The van der Waals surface area contributed by atoms with Gasteiger partial charge in [0.15, 0.2) is 0 Å². The SMILES string of the molecule is C.CCCOC.COCC(C)C. The molecule has 0 amide bonds. The Bertz CT molecular complexity index is 51.8. The molecule has 12 heavy (non-hydrogen) atoms. The lowest BCUT2D eigenvalue weighted by Crippen LogP contribution is -1.96.